The number of amides is 1. The van der Waals surface area contributed by atoms with Gasteiger partial charge in [0.05, 0.1) is 21.3 Å². The number of rotatable bonds is 4. The molecule has 1 amide bonds. The number of aliphatic hydroxyl groups is 1. The summed E-state index contributed by atoms with van der Waals surface area (Å²) in [5.41, 5.74) is -0.414. The lowest BCUT2D eigenvalue weighted by Gasteiger charge is -2.32. The van der Waals surface area contributed by atoms with Crippen LogP contribution in [0.25, 0.3) is 0 Å². The average Bonchev–Trinajstić information content (AvgIpc) is 2.87. The van der Waals surface area contributed by atoms with Gasteiger partial charge < -0.3 is 10.4 Å². The van der Waals surface area contributed by atoms with Gasteiger partial charge in [-0.15, -0.1) is 0 Å². The Labute approximate surface area is 188 Å². The van der Waals surface area contributed by atoms with E-state index in [1.807, 2.05) is 6.92 Å². The smallest absolute Gasteiger partial charge is 0.255 e. The number of anilines is 1. The monoisotopic (exact) mass is 487 g/mol. The maximum Gasteiger partial charge on any atom is 0.255 e. The number of hydrogen-bond acceptors (Lipinski definition) is 4. The highest BCUT2D eigenvalue weighted by molar-refractivity contribution is 7.92. The molecule has 32 heavy (non-hydrogen) atoms. The first kappa shape index (κ1) is 23.1. The molecule has 5 atom stereocenters. The third-order valence-electron chi connectivity index (χ3n) is 6.61. The zero-order valence-corrected chi connectivity index (χ0v) is 18.6. The number of sulfone groups is 1. The van der Waals surface area contributed by atoms with Gasteiger partial charge in [0, 0.05) is 23.4 Å². The molecule has 4 rings (SSSR count). The molecular weight excluding hydrogens is 467 g/mol. The molecule has 0 spiro atoms. The first-order valence-corrected chi connectivity index (χ1v) is 12.1. The Balaban J connectivity index is 1.61. The molecule has 2 aliphatic carbocycles. The third kappa shape index (κ3) is 4.02. The second kappa shape index (κ2) is 8.35. The second-order valence-electron chi connectivity index (χ2n) is 8.62. The number of aliphatic hydroxyl groups excluding tert-OH is 1. The quantitative estimate of drug-likeness (QED) is 0.618. The predicted octanol–water partition coefficient (Wildman–Crippen LogP) is 4.58. The fourth-order valence-corrected chi connectivity index (χ4v) is 7.36. The normalized spacial score (nSPS) is 27.4. The van der Waals surface area contributed by atoms with Gasteiger partial charge in [-0.3, -0.25) is 4.79 Å². The van der Waals surface area contributed by atoms with Gasteiger partial charge in [-0.2, -0.15) is 0 Å². The van der Waals surface area contributed by atoms with E-state index in [-0.39, 0.29) is 38.9 Å². The lowest BCUT2D eigenvalue weighted by molar-refractivity contribution is 0.0552. The summed E-state index contributed by atoms with van der Waals surface area (Å²) < 4.78 is 66.7. The second-order valence-corrected chi connectivity index (χ2v) is 11.2. The summed E-state index contributed by atoms with van der Waals surface area (Å²) in [6.07, 6.45) is 0.868. The highest BCUT2D eigenvalue weighted by Crippen LogP contribution is 2.48. The summed E-state index contributed by atoms with van der Waals surface area (Å²) in [5.74, 6) is -5.43. The van der Waals surface area contributed by atoms with Crippen LogP contribution in [0.4, 0.5) is 18.9 Å². The topological polar surface area (TPSA) is 83.5 Å². The first-order valence-electron chi connectivity index (χ1n) is 10.2. The van der Waals surface area contributed by atoms with Crippen LogP contribution in [0.15, 0.2) is 35.2 Å². The number of carbonyl (C=O) groups is 1. The molecule has 10 heteroatoms. The van der Waals surface area contributed by atoms with Gasteiger partial charge in [0.1, 0.15) is 0 Å². The van der Waals surface area contributed by atoms with Gasteiger partial charge in [-0.1, -0.05) is 18.5 Å². The Morgan fingerprint density at radius 1 is 1.09 bits per heavy atom. The molecule has 172 valence electrons. The summed E-state index contributed by atoms with van der Waals surface area (Å²) in [6, 6.07) is 4.91. The van der Waals surface area contributed by atoms with E-state index in [0.29, 0.717) is 25.0 Å². The molecule has 0 aromatic heterocycles. The summed E-state index contributed by atoms with van der Waals surface area (Å²) >= 11 is 6.17. The van der Waals surface area contributed by atoms with Crippen molar-refractivity contribution in [3.63, 3.8) is 0 Å². The van der Waals surface area contributed by atoms with Gasteiger partial charge in [0.15, 0.2) is 27.3 Å². The van der Waals surface area contributed by atoms with Crippen molar-refractivity contribution in [2.45, 2.75) is 42.4 Å². The number of carbonyl (C=O) groups excluding carboxylic acids is 1. The highest BCUT2D eigenvalue weighted by atomic mass is 35.5. The summed E-state index contributed by atoms with van der Waals surface area (Å²) in [4.78, 5) is 12.4. The van der Waals surface area contributed by atoms with Crippen LogP contribution in [0.2, 0.25) is 5.02 Å². The van der Waals surface area contributed by atoms with Crippen LogP contribution >= 0.6 is 11.6 Å². The Hall–Kier alpha value is -2.10. The van der Waals surface area contributed by atoms with Gasteiger partial charge >= 0.3 is 0 Å². The molecule has 0 heterocycles. The fourth-order valence-electron chi connectivity index (χ4n) is 4.95. The van der Waals surface area contributed by atoms with Crippen LogP contribution < -0.4 is 5.32 Å². The van der Waals surface area contributed by atoms with Gasteiger partial charge in [-0.05, 0) is 55.2 Å². The molecule has 2 N–H and O–H groups in total. The standard InChI is InChI=1S/C22H21ClF3NO4S/c1-10-4-12-5-14(9-15(10)21(12)28)32(30,31)19-6-11(2-3-16(19)23)22(29)27-13-7-17(24)20(26)18(25)8-13/h2-3,6-8,10,12,14-15,21,28H,4-5,9H2,1H3,(H,27,29)/t10-,12?,14?,15?,21+/m0/s1. The van der Waals surface area contributed by atoms with Crippen LogP contribution in [0.1, 0.15) is 36.5 Å². The minimum absolute atomic E-state index is 0.0491. The van der Waals surface area contributed by atoms with Crippen LogP contribution in [0.3, 0.4) is 0 Å². The van der Waals surface area contributed by atoms with Crippen molar-refractivity contribution in [1.29, 1.82) is 0 Å². The summed E-state index contributed by atoms with van der Waals surface area (Å²) in [5, 5.41) is 11.8. The van der Waals surface area contributed by atoms with E-state index in [1.54, 1.807) is 0 Å². The van der Waals surface area contributed by atoms with Gasteiger partial charge in [-0.25, -0.2) is 21.6 Å². The van der Waals surface area contributed by atoms with E-state index in [4.69, 9.17) is 11.6 Å². The maximum atomic E-state index is 13.4. The van der Waals surface area contributed by atoms with Crippen molar-refractivity contribution in [3.8, 4) is 0 Å². The molecule has 2 aromatic rings. The first-order chi connectivity index (χ1) is 15.0. The number of benzene rings is 2. The lowest BCUT2D eigenvalue weighted by atomic mass is 9.84. The molecular formula is C22H21ClF3NO4S. The Bertz CT molecular complexity index is 1170. The molecule has 2 fully saturated rings. The minimum atomic E-state index is -3.91. The van der Waals surface area contributed by atoms with E-state index in [1.165, 1.54) is 12.1 Å². The fraction of sp³-hybridized carbons (Fsp3) is 0.409. The van der Waals surface area contributed by atoms with Crippen molar-refractivity contribution >= 4 is 33.0 Å². The minimum Gasteiger partial charge on any atom is -0.393 e. The molecule has 5 nitrogen and oxygen atoms in total. The molecule has 2 bridgehead atoms. The molecule has 0 radical (unpaired) electrons. The summed E-state index contributed by atoms with van der Waals surface area (Å²) in [7, 11) is -3.91. The predicted molar refractivity (Wildman–Crippen MR) is 113 cm³/mol. The van der Waals surface area contributed by atoms with Crippen LogP contribution in [-0.4, -0.2) is 30.8 Å². The van der Waals surface area contributed by atoms with Crippen molar-refractivity contribution in [1.82, 2.24) is 0 Å². The van der Waals surface area contributed by atoms with Crippen LogP contribution in [0.5, 0.6) is 0 Å². The third-order valence-corrected chi connectivity index (χ3v) is 9.26. The van der Waals surface area contributed by atoms with Crippen LogP contribution in [-0.2, 0) is 9.84 Å². The maximum absolute atomic E-state index is 13.4. The van der Waals surface area contributed by atoms with E-state index < -0.39 is 44.5 Å². The molecule has 2 aliphatic rings. The number of halogens is 4. The van der Waals surface area contributed by atoms with Gasteiger partial charge in [0.2, 0.25) is 0 Å². The molecule has 0 saturated heterocycles. The number of nitrogens with one attached hydrogen (secondary N) is 1. The van der Waals surface area contributed by atoms with E-state index in [2.05, 4.69) is 5.32 Å². The molecule has 0 aliphatic heterocycles. The van der Waals surface area contributed by atoms with Crippen molar-refractivity contribution in [2.24, 2.45) is 17.8 Å². The zero-order chi connectivity index (χ0) is 23.4. The molecule has 3 unspecified atom stereocenters. The average molecular weight is 488 g/mol. The SMILES string of the molecule is C[C@H]1CC2CC(S(=O)(=O)c3cc(C(=O)Nc4cc(F)c(F)c(F)c4)ccc3Cl)CC1[C@@H]2O. The highest BCUT2D eigenvalue weighted by Gasteiger charge is 2.49. The van der Waals surface area contributed by atoms with Gasteiger partial charge in [0.25, 0.3) is 5.91 Å². The van der Waals surface area contributed by atoms with Crippen molar-refractivity contribution < 1.29 is 31.5 Å². The molecule has 2 saturated carbocycles. The Kier molecular flexibility index (Phi) is 6.02. The zero-order valence-electron chi connectivity index (χ0n) is 17.0. The summed E-state index contributed by atoms with van der Waals surface area (Å²) in [6.45, 7) is 2.00. The largest absolute Gasteiger partial charge is 0.393 e. The van der Waals surface area contributed by atoms with Crippen LogP contribution in [0, 0.1) is 35.2 Å². The van der Waals surface area contributed by atoms with E-state index in [0.717, 1.165) is 12.5 Å². The Morgan fingerprint density at radius 2 is 1.75 bits per heavy atom. The van der Waals surface area contributed by atoms with E-state index in [9.17, 15) is 31.5 Å². The molecule has 2 aromatic carbocycles. The number of hydrogen-bond donors (Lipinski definition) is 2. The van der Waals surface area contributed by atoms with Crippen molar-refractivity contribution in [2.75, 3.05) is 5.32 Å². The Morgan fingerprint density at radius 3 is 2.38 bits per heavy atom. The van der Waals surface area contributed by atoms with Crippen molar-refractivity contribution in [3.05, 3.63) is 58.4 Å². The lowest BCUT2D eigenvalue weighted by Crippen LogP contribution is -2.38. The number of fused-ring (bicyclic) bond motifs is 2. The van der Waals surface area contributed by atoms with E-state index >= 15 is 0 Å².